The van der Waals surface area contributed by atoms with E-state index in [0.29, 0.717) is 0 Å². The van der Waals surface area contributed by atoms with E-state index in [1.54, 1.807) is 0 Å². The van der Waals surface area contributed by atoms with E-state index >= 15 is 0 Å². The van der Waals surface area contributed by atoms with Crippen LogP contribution < -0.4 is 22.3 Å². The van der Waals surface area contributed by atoms with Crippen molar-refractivity contribution in [3.05, 3.63) is 105 Å². The lowest BCUT2D eigenvalue weighted by Crippen LogP contribution is -2.34. The number of amides is 1. The van der Waals surface area contributed by atoms with Crippen LogP contribution in [-0.2, 0) is 13.0 Å². The molecule has 9 nitrogen and oxygen atoms in total. The summed E-state index contributed by atoms with van der Waals surface area (Å²) >= 11 is 0. The fourth-order valence-corrected chi connectivity index (χ4v) is 3.54. The topological polar surface area (TPSA) is 139 Å². The van der Waals surface area contributed by atoms with Crippen molar-refractivity contribution in [3.63, 3.8) is 0 Å². The Labute approximate surface area is 189 Å². The van der Waals surface area contributed by atoms with Gasteiger partial charge in [-0.2, -0.15) is 5.10 Å². The highest BCUT2D eigenvalue weighted by atomic mass is 16.2. The molecule has 0 saturated heterocycles. The number of aryl methyl sites for hydroxylation is 2. The smallest absolute Gasteiger partial charge is 0.326 e. The molecule has 1 amide bonds. The third-order valence-electron chi connectivity index (χ3n) is 5.38. The van der Waals surface area contributed by atoms with E-state index in [-0.39, 0.29) is 11.4 Å². The molecule has 0 bridgehead atoms. The van der Waals surface area contributed by atoms with Crippen LogP contribution in [0.2, 0.25) is 0 Å². The Bertz CT molecular complexity index is 1390. The Morgan fingerprint density at radius 2 is 1.88 bits per heavy atom. The Hall–Kier alpha value is -4.40. The lowest BCUT2D eigenvalue weighted by molar-refractivity contribution is 0.0935. The molecule has 2 aromatic carbocycles. The lowest BCUT2D eigenvalue weighted by Gasteiger charge is -2.15. The van der Waals surface area contributed by atoms with Crippen LogP contribution in [0.1, 0.15) is 34.6 Å². The molecular weight excluding hydrogens is 420 g/mol. The highest BCUT2D eigenvalue weighted by Crippen LogP contribution is 2.23. The van der Waals surface area contributed by atoms with Crippen LogP contribution in [0.3, 0.4) is 0 Å². The van der Waals surface area contributed by atoms with E-state index in [1.165, 1.54) is 5.56 Å². The van der Waals surface area contributed by atoms with Gasteiger partial charge in [0.1, 0.15) is 11.4 Å². The summed E-state index contributed by atoms with van der Waals surface area (Å²) < 4.78 is 1.91. The summed E-state index contributed by atoms with van der Waals surface area (Å²) in [6.45, 7) is 2.58. The van der Waals surface area contributed by atoms with Crippen LogP contribution in [-0.4, -0.2) is 25.7 Å². The Kier molecular flexibility index (Phi) is 6.21. The fourth-order valence-electron chi connectivity index (χ4n) is 3.54. The summed E-state index contributed by atoms with van der Waals surface area (Å²) in [5.41, 5.74) is 7.49. The number of hydrogen-bond acceptors (Lipinski definition) is 5. The summed E-state index contributed by atoms with van der Waals surface area (Å²) in [5.74, 6) is -0.637. The molecular formula is C24H24N6O3. The fraction of sp³-hybridized carbons (Fsp3) is 0.167. The van der Waals surface area contributed by atoms with Gasteiger partial charge in [0.25, 0.3) is 11.5 Å². The molecule has 0 saturated carbocycles. The highest BCUT2D eigenvalue weighted by molar-refractivity contribution is 5.97. The quantitative estimate of drug-likeness (QED) is 0.346. The van der Waals surface area contributed by atoms with Crippen molar-refractivity contribution in [2.45, 2.75) is 25.9 Å². The van der Waals surface area contributed by atoms with Gasteiger partial charge in [0, 0.05) is 18.3 Å². The molecule has 33 heavy (non-hydrogen) atoms. The third kappa shape index (κ3) is 5.09. The van der Waals surface area contributed by atoms with Crippen molar-refractivity contribution in [2.75, 3.05) is 5.73 Å². The van der Waals surface area contributed by atoms with Crippen LogP contribution in [0.5, 0.6) is 0 Å². The Morgan fingerprint density at radius 3 is 2.67 bits per heavy atom. The van der Waals surface area contributed by atoms with Gasteiger partial charge in [0.15, 0.2) is 0 Å². The number of H-pyrrole nitrogens is 2. The van der Waals surface area contributed by atoms with Crippen LogP contribution in [0.25, 0.3) is 11.1 Å². The zero-order chi connectivity index (χ0) is 23.4. The minimum Gasteiger partial charge on any atom is -0.392 e. The van der Waals surface area contributed by atoms with Crippen LogP contribution in [0.15, 0.2) is 76.6 Å². The van der Waals surface area contributed by atoms with Crippen molar-refractivity contribution in [3.8, 4) is 11.1 Å². The molecule has 0 spiro atoms. The van der Waals surface area contributed by atoms with Crippen molar-refractivity contribution in [1.29, 1.82) is 0 Å². The first-order valence-electron chi connectivity index (χ1n) is 10.5. The van der Waals surface area contributed by atoms with Gasteiger partial charge in [-0.15, -0.1) is 0 Å². The Morgan fingerprint density at radius 1 is 1.09 bits per heavy atom. The summed E-state index contributed by atoms with van der Waals surface area (Å²) in [5, 5.41) is 7.23. The van der Waals surface area contributed by atoms with Gasteiger partial charge in [0.05, 0.1) is 12.2 Å². The molecule has 0 radical (unpaired) electrons. The third-order valence-corrected chi connectivity index (χ3v) is 5.38. The Balaban J connectivity index is 1.47. The van der Waals surface area contributed by atoms with Gasteiger partial charge < -0.3 is 16.0 Å². The van der Waals surface area contributed by atoms with E-state index in [2.05, 4.69) is 27.5 Å². The average Bonchev–Trinajstić information content (AvgIpc) is 3.30. The number of carbonyl (C=O) groups is 1. The summed E-state index contributed by atoms with van der Waals surface area (Å²) in [7, 11) is 0. The zero-order valence-electron chi connectivity index (χ0n) is 18.0. The number of nitrogens with zero attached hydrogens (tertiary/aromatic N) is 2. The first-order valence-corrected chi connectivity index (χ1v) is 10.5. The molecule has 168 valence electrons. The first kappa shape index (κ1) is 21.8. The van der Waals surface area contributed by atoms with Gasteiger partial charge in [0.2, 0.25) is 0 Å². The number of carbonyl (C=O) groups excluding carboxylic acids is 1. The van der Waals surface area contributed by atoms with Crippen molar-refractivity contribution >= 4 is 11.6 Å². The maximum Gasteiger partial charge on any atom is 0.326 e. The van der Waals surface area contributed by atoms with E-state index in [1.807, 2.05) is 71.4 Å². The molecule has 4 aromatic rings. The summed E-state index contributed by atoms with van der Waals surface area (Å²) in [6, 6.07) is 17.6. The molecule has 0 aliphatic carbocycles. The monoisotopic (exact) mass is 444 g/mol. The molecule has 9 heteroatoms. The van der Waals surface area contributed by atoms with Crippen molar-refractivity contribution < 1.29 is 4.79 Å². The zero-order valence-corrected chi connectivity index (χ0v) is 18.0. The van der Waals surface area contributed by atoms with E-state index in [0.717, 1.165) is 29.7 Å². The number of benzene rings is 2. The second-order valence-corrected chi connectivity index (χ2v) is 7.75. The number of nitrogens with two attached hydrogens (primary N) is 1. The van der Waals surface area contributed by atoms with Gasteiger partial charge in [-0.3, -0.25) is 19.3 Å². The van der Waals surface area contributed by atoms with E-state index in [9.17, 15) is 14.4 Å². The van der Waals surface area contributed by atoms with Crippen molar-refractivity contribution in [1.82, 2.24) is 25.1 Å². The molecule has 1 unspecified atom stereocenters. The highest BCUT2D eigenvalue weighted by Gasteiger charge is 2.17. The van der Waals surface area contributed by atoms with E-state index < -0.39 is 23.2 Å². The molecule has 2 heterocycles. The van der Waals surface area contributed by atoms with Crippen LogP contribution >= 0.6 is 0 Å². The van der Waals surface area contributed by atoms with E-state index in [4.69, 9.17) is 5.73 Å². The maximum absolute atomic E-state index is 12.6. The number of aromatic amines is 2. The second kappa shape index (κ2) is 9.39. The van der Waals surface area contributed by atoms with Gasteiger partial charge >= 0.3 is 5.69 Å². The number of hydrogen-bond donors (Lipinski definition) is 4. The molecule has 4 rings (SSSR count). The number of aromatic nitrogens is 4. The maximum atomic E-state index is 12.6. The number of nitrogen functional groups attached to an aromatic ring is 1. The summed E-state index contributed by atoms with van der Waals surface area (Å²) in [6.07, 6.45) is 4.70. The molecule has 2 aromatic heterocycles. The number of anilines is 1. The van der Waals surface area contributed by atoms with Gasteiger partial charge in [-0.25, -0.2) is 4.79 Å². The number of nitrogens with one attached hydrogen (secondary N) is 3. The van der Waals surface area contributed by atoms with Gasteiger partial charge in [-0.05, 0) is 36.1 Å². The summed E-state index contributed by atoms with van der Waals surface area (Å²) in [4.78, 5) is 40.0. The van der Waals surface area contributed by atoms with Crippen molar-refractivity contribution in [2.24, 2.45) is 0 Å². The molecule has 0 fully saturated rings. The lowest BCUT2D eigenvalue weighted by atomic mass is 10.0. The minimum atomic E-state index is -0.803. The molecule has 0 aliphatic heterocycles. The van der Waals surface area contributed by atoms with Crippen LogP contribution in [0.4, 0.5) is 5.69 Å². The second-order valence-electron chi connectivity index (χ2n) is 7.75. The average molecular weight is 444 g/mol. The van der Waals surface area contributed by atoms with Crippen LogP contribution in [0, 0.1) is 0 Å². The number of rotatable bonds is 7. The molecule has 1 atom stereocenters. The largest absolute Gasteiger partial charge is 0.392 e. The minimum absolute atomic E-state index is 0.258. The molecule has 0 aliphatic rings. The standard InChI is InChI=1S/C24H24N6O3/c1-15(27-23(32)21-20(25)22(31)29-24(33)28-21)17-8-5-9-18(12-17)19-13-26-30(14-19)11-10-16-6-3-2-4-7-16/h2-9,12-15H,10-11,25H2,1H3,(H,27,32)(H2,28,29,31,33). The predicted octanol–water partition coefficient (Wildman–Crippen LogP) is 2.24. The predicted molar refractivity (Wildman–Crippen MR) is 126 cm³/mol. The molecule has 5 N–H and O–H groups in total. The normalized spacial score (nSPS) is 11.8. The SMILES string of the molecule is CC(NC(=O)c1[nH]c(=O)[nH]c(=O)c1N)c1cccc(-c2cnn(CCc3ccccc3)c2)c1. The van der Waals surface area contributed by atoms with Gasteiger partial charge in [-0.1, -0.05) is 48.5 Å². The first-order chi connectivity index (χ1) is 15.9.